The lowest BCUT2D eigenvalue weighted by Gasteiger charge is -2.22. The molecule has 8 nitrogen and oxygen atoms in total. The Labute approximate surface area is 163 Å². The molecule has 0 atom stereocenters. The monoisotopic (exact) mass is 383 g/mol. The number of methoxy groups -OCH3 is 1. The standard InChI is InChI=1S/C20H25N5O3/c1-13-7-8-22-25(13)12-18(26)21-10-14-9-16-17(23-19(14)28-2)11-24(20(16)27)15-5-3-4-6-15/h7-9,15H,3-6,10-12H2,1-2H3,(H,21,26). The van der Waals surface area contributed by atoms with E-state index in [1.165, 1.54) is 12.8 Å². The van der Waals surface area contributed by atoms with E-state index in [-0.39, 0.29) is 24.9 Å². The van der Waals surface area contributed by atoms with Crippen LogP contribution in [-0.2, 0) is 24.4 Å². The van der Waals surface area contributed by atoms with Crippen LogP contribution in [0.3, 0.4) is 0 Å². The normalized spacial score (nSPS) is 16.5. The van der Waals surface area contributed by atoms with Crippen LogP contribution in [0, 0.1) is 6.92 Å². The minimum Gasteiger partial charge on any atom is -0.481 e. The highest BCUT2D eigenvalue weighted by molar-refractivity contribution is 5.98. The number of nitrogens with zero attached hydrogens (tertiary/aromatic N) is 4. The van der Waals surface area contributed by atoms with Crippen molar-refractivity contribution in [3.05, 3.63) is 40.8 Å². The van der Waals surface area contributed by atoms with E-state index < -0.39 is 0 Å². The molecule has 0 bridgehead atoms. The van der Waals surface area contributed by atoms with Gasteiger partial charge in [0.2, 0.25) is 11.8 Å². The molecule has 0 radical (unpaired) electrons. The summed E-state index contributed by atoms with van der Waals surface area (Å²) in [5.74, 6) is 0.334. The Morgan fingerprint density at radius 3 is 2.82 bits per heavy atom. The average molecular weight is 383 g/mol. The lowest BCUT2D eigenvalue weighted by molar-refractivity contribution is -0.122. The van der Waals surface area contributed by atoms with Gasteiger partial charge < -0.3 is 15.0 Å². The molecular weight excluding hydrogens is 358 g/mol. The van der Waals surface area contributed by atoms with Crippen LogP contribution < -0.4 is 10.1 Å². The Balaban J connectivity index is 1.47. The van der Waals surface area contributed by atoms with Gasteiger partial charge >= 0.3 is 0 Å². The van der Waals surface area contributed by atoms with E-state index in [0.717, 1.165) is 24.2 Å². The number of ether oxygens (including phenoxy) is 1. The Morgan fingerprint density at radius 2 is 2.14 bits per heavy atom. The fraction of sp³-hybridized carbons (Fsp3) is 0.500. The topological polar surface area (TPSA) is 89.3 Å². The highest BCUT2D eigenvalue weighted by atomic mass is 16.5. The first-order chi connectivity index (χ1) is 13.6. The van der Waals surface area contributed by atoms with Gasteiger partial charge in [0.15, 0.2) is 0 Å². The van der Waals surface area contributed by atoms with Crippen LogP contribution in [0.4, 0.5) is 0 Å². The van der Waals surface area contributed by atoms with Crippen molar-refractivity contribution >= 4 is 11.8 Å². The van der Waals surface area contributed by atoms with Crippen molar-refractivity contribution in [1.29, 1.82) is 0 Å². The summed E-state index contributed by atoms with van der Waals surface area (Å²) in [6.07, 6.45) is 6.14. The molecule has 1 saturated carbocycles. The molecule has 2 aliphatic rings. The fourth-order valence-corrected chi connectivity index (χ4v) is 4.03. The second-order valence-electron chi connectivity index (χ2n) is 7.43. The quantitative estimate of drug-likeness (QED) is 0.822. The van der Waals surface area contributed by atoms with E-state index in [4.69, 9.17) is 4.74 Å². The number of nitrogens with one attached hydrogen (secondary N) is 1. The van der Waals surface area contributed by atoms with Crippen LogP contribution in [0.25, 0.3) is 0 Å². The first-order valence-electron chi connectivity index (χ1n) is 9.69. The maximum Gasteiger partial charge on any atom is 0.256 e. The first-order valence-corrected chi connectivity index (χ1v) is 9.69. The number of carbonyl (C=O) groups is 2. The largest absolute Gasteiger partial charge is 0.481 e. The number of rotatable bonds is 6. The molecule has 2 aromatic rings. The third kappa shape index (κ3) is 3.46. The Bertz CT molecular complexity index is 901. The van der Waals surface area contributed by atoms with E-state index in [1.807, 2.05) is 24.0 Å². The number of amides is 2. The van der Waals surface area contributed by atoms with Crippen LogP contribution in [0.15, 0.2) is 18.3 Å². The van der Waals surface area contributed by atoms with Gasteiger partial charge in [-0.1, -0.05) is 12.8 Å². The zero-order chi connectivity index (χ0) is 19.7. The predicted octanol–water partition coefficient (Wildman–Crippen LogP) is 1.81. The second-order valence-corrected chi connectivity index (χ2v) is 7.43. The summed E-state index contributed by atoms with van der Waals surface area (Å²) in [5.41, 5.74) is 3.01. The molecule has 8 heteroatoms. The fourth-order valence-electron chi connectivity index (χ4n) is 4.03. The van der Waals surface area contributed by atoms with Crippen molar-refractivity contribution in [2.45, 2.75) is 58.3 Å². The minimum absolute atomic E-state index is 0.0387. The number of fused-ring (bicyclic) bond motifs is 1. The van der Waals surface area contributed by atoms with Crippen molar-refractivity contribution in [2.24, 2.45) is 0 Å². The molecule has 28 heavy (non-hydrogen) atoms. The van der Waals surface area contributed by atoms with Crippen LogP contribution in [0.1, 0.15) is 53.0 Å². The molecule has 0 saturated heterocycles. The van der Waals surface area contributed by atoms with Gasteiger partial charge in [0, 0.05) is 30.0 Å². The molecule has 1 N–H and O–H groups in total. The Kier molecular flexibility index (Phi) is 5.02. The van der Waals surface area contributed by atoms with Gasteiger partial charge in [-0.2, -0.15) is 5.10 Å². The van der Waals surface area contributed by atoms with E-state index >= 15 is 0 Å². The Hall–Kier alpha value is -2.90. The summed E-state index contributed by atoms with van der Waals surface area (Å²) in [4.78, 5) is 31.6. The number of aromatic nitrogens is 3. The van der Waals surface area contributed by atoms with Crippen molar-refractivity contribution in [1.82, 2.24) is 25.0 Å². The van der Waals surface area contributed by atoms with E-state index in [1.54, 1.807) is 18.0 Å². The molecular formula is C20H25N5O3. The zero-order valence-corrected chi connectivity index (χ0v) is 16.3. The molecule has 0 aromatic carbocycles. The minimum atomic E-state index is -0.159. The molecule has 1 aliphatic heterocycles. The molecule has 4 rings (SSSR count). The Morgan fingerprint density at radius 1 is 1.36 bits per heavy atom. The molecule has 2 amide bonds. The SMILES string of the molecule is COc1nc2c(cc1CNC(=O)Cn1nccc1C)C(=O)N(C1CCCC1)C2. The third-order valence-corrected chi connectivity index (χ3v) is 5.61. The summed E-state index contributed by atoms with van der Waals surface area (Å²) in [5, 5.41) is 6.98. The molecule has 1 aliphatic carbocycles. The molecule has 1 fully saturated rings. The summed E-state index contributed by atoms with van der Waals surface area (Å²) < 4.78 is 7.05. The number of carbonyl (C=O) groups excluding carboxylic acids is 2. The lowest BCUT2D eigenvalue weighted by Crippen LogP contribution is -2.33. The van der Waals surface area contributed by atoms with Crippen LogP contribution >= 0.6 is 0 Å². The van der Waals surface area contributed by atoms with Gasteiger partial charge in [-0.05, 0) is 31.9 Å². The van der Waals surface area contributed by atoms with E-state index in [9.17, 15) is 9.59 Å². The van der Waals surface area contributed by atoms with E-state index in [2.05, 4.69) is 15.4 Å². The molecule has 3 heterocycles. The number of pyridine rings is 1. The van der Waals surface area contributed by atoms with Gasteiger partial charge in [-0.15, -0.1) is 0 Å². The second kappa shape index (κ2) is 7.61. The van der Waals surface area contributed by atoms with Crippen LogP contribution in [-0.4, -0.2) is 44.6 Å². The molecule has 148 valence electrons. The predicted molar refractivity (Wildman–Crippen MR) is 102 cm³/mol. The molecule has 0 unspecified atom stereocenters. The highest BCUT2D eigenvalue weighted by Gasteiger charge is 2.35. The maximum atomic E-state index is 12.9. The van der Waals surface area contributed by atoms with Crippen LogP contribution in [0.2, 0.25) is 0 Å². The number of hydrogen-bond donors (Lipinski definition) is 1. The molecule has 2 aromatic heterocycles. The lowest BCUT2D eigenvalue weighted by atomic mass is 10.1. The molecule has 0 spiro atoms. The van der Waals surface area contributed by atoms with Crippen LogP contribution in [0.5, 0.6) is 5.88 Å². The van der Waals surface area contributed by atoms with Gasteiger partial charge in [0.1, 0.15) is 6.54 Å². The summed E-state index contributed by atoms with van der Waals surface area (Å²) in [6, 6.07) is 3.98. The van der Waals surface area contributed by atoms with Gasteiger partial charge in [-0.3, -0.25) is 14.3 Å². The van der Waals surface area contributed by atoms with E-state index in [0.29, 0.717) is 29.6 Å². The number of aryl methyl sites for hydroxylation is 1. The zero-order valence-electron chi connectivity index (χ0n) is 16.3. The van der Waals surface area contributed by atoms with Gasteiger partial charge in [-0.25, -0.2) is 4.98 Å². The summed E-state index contributed by atoms with van der Waals surface area (Å²) >= 11 is 0. The van der Waals surface area contributed by atoms with Crippen molar-refractivity contribution in [3.63, 3.8) is 0 Å². The van der Waals surface area contributed by atoms with Crippen molar-refractivity contribution in [3.8, 4) is 5.88 Å². The smallest absolute Gasteiger partial charge is 0.256 e. The first kappa shape index (κ1) is 18.5. The number of hydrogen-bond acceptors (Lipinski definition) is 5. The highest BCUT2D eigenvalue weighted by Crippen LogP contribution is 2.33. The maximum absolute atomic E-state index is 12.9. The van der Waals surface area contributed by atoms with Gasteiger partial charge in [0.25, 0.3) is 5.91 Å². The third-order valence-electron chi connectivity index (χ3n) is 5.61. The van der Waals surface area contributed by atoms with Gasteiger partial charge in [0.05, 0.1) is 24.9 Å². The summed E-state index contributed by atoms with van der Waals surface area (Å²) in [7, 11) is 1.55. The summed E-state index contributed by atoms with van der Waals surface area (Å²) in [6.45, 7) is 2.84. The van der Waals surface area contributed by atoms with Crippen molar-refractivity contribution < 1.29 is 14.3 Å². The average Bonchev–Trinajstić information content (AvgIpc) is 3.41. The van der Waals surface area contributed by atoms with Crippen molar-refractivity contribution in [2.75, 3.05) is 7.11 Å².